The van der Waals surface area contributed by atoms with Gasteiger partial charge in [-0.25, -0.2) is 0 Å². The maximum absolute atomic E-state index is 12.7. The Hall–Kier alpha value is -3.80. The molecule has 0 spiro atoms. The number of pyridine rings is 3. The number of hydrogen-bond donors (Lipinski definition) is 2. The summed E-state index contributed by atoms with van der Waals surface area (Å²) < 4.78 is 0. The minimum absolute atomic E-state index is 0.234. The molecule has 0 aliphatic heterocycles. The summed E-state index contributed by atoms with van der Waals surface area (Å²) in [4.78, 5) is 25.5. The number of nitrogens with zero attached hydrogens (tertiary/aromatic N) is 3. The first-order chi connectivity index (χ1) is 13.3. The van der Waals surface area contributed by atoms with Crippen molar-refractivity contribution in [3.8, 4) is 0 Å². The van der Waals surface area contributed by atoms with Crippen molar-refractivity contribution in [1.29, 1.82) is 0 Å². The van der Waals surface area contributed by atoms with Gasteiger partial charge in [-0.2, -0.15) is 0 Å². The van der Waals surface area contributed by atoms with Crippen LogP contribution < -0.4 is 10.6 Å². The Bertz CT molecular complexity index is 1080. The van der Waals surface area contributed by atoms with Gasteiger partial charge in [-0.15, -0.1) is 0 Å². The van der Waals surface area contributed by atoms with E-state index in [0.717, 1.165) is 22.3 Å². The quantitative estimate of drug-likeness (QED) is 0.568. The summed E-state index contributed by atoms with van der Waals surface area (Å²) in [5.41, 5.74) is 3.56. The fourth-order valence-electron chi connectivity index (χ4n) is 2.76. The highest BCUT2D eigenvalue weighted by atomic mass is 16.1. The average molecular weight is 355 g/mol. The number of rotatable bonds is 5. The number of fused-ring (bicyclic) bond motifs is 1. The SMILES string of the molecule is O=C(Nc1cccc2cccnc12)c1cncc(NCc2ccccn2)c1. The van der Waals surface area contributed by atoms with Crippen LogP contribution in [0.4, 0.5) is 11.4 Å². The molecule has 0 aliphatic carbocycles. The van der Waals surface area contributed by atoms with E-state index in [1.807, 2.05) is 48.5 Å². The number of carbonyl (C=O) groups excluding carboxylic acids is 1. The van der Waals surface area contributed by atoms with Crippen LogP contribution in [0.2, 0.25) is 0 Å². The van der Waals surface area contributed by atoms with Crippen molar-refractivity contribution in [2.24, 2.45) is 0 Å². The molecular formula is C21H17N5O. The van der Waals surface area contributed by atoms with E-state index in [-0.39, 0.29) is 5.91 Å². The molecule has 1 amide bonds. The highest BCUT2D eigenvalue weighted by molar-refractivity contribution is 6.08. The Kier molecular flexibility index (Phi) is 4.70. The molecule has 0 radical (unpaired) electrons. The zero-order valence-corrected chi connectivity index (χ0v) is 14.5. The molecule has 6 heteroatoms. The first kappa shape index (κ1) is 16.7. The molecule has 0 atom stereocenters. The second kappa shape index (κ2) is 7.61. The highest BCUT2D eigenvalue weighted by Gasteiger charge is 2.10. The summed E-state index contributed by atoms with van der Waals surface area (Å²) in [6, 6.07) is 17.0. The number of para-hydroxylation sites is 1. The van der Waals surface area contributed by atoms with Crippen molar-refractivity contribution < 1.29 is 4.79 Å². The van der Waals surface area contributed by atoms with Gasteiger partial charge in [0.25, 0.3) is 5.91 Å². The summed E-state index contributed by atoms with van der Waals surface area (Å²) >= 11 is 0. The molecule has 0 aliphatic rings. The Morgan fingerprint density at radius 3 is 2.70 bits per heavy atom. The molecule has 0 bridgehead atoms. The molecule has 132 valence electrons. The van der Waals surface area contributed by atoms with Gasteiger partial charge in [-0.3, -0.25) is 19.7 Å². The van der Waals surface area contributed by atoms with Crippen molar-refractivity contribution in [2.45, 2.75) is 6.54 Å². The Morgan fingerprint density at radius 2 is 1.81 bits per heavy atom. The summed E-state index contributed by atoms with van der Waals surface area (Å²) in [6.07, 6.45) is 6.68. The summed E-state index contributed by atoms with van der Waals surface area (Å²) in [5, 5.41) is 7.12. The maximum Gasteiger partial charge on any atom is 0.257 e. The largest absolute Gasteiger partial charge is 0.378 e. The molecule has 0 saturated carbocycles. The van der Waals surface area contributed by atoms with Crippen LogP contribution in [0.15, 0.2) is 79.4 Å². The predicted octanol–water partition coefficient (Wildman–Crippen LogP) is 3.89. The lowest BCUT2D eigenvalue weighted by molar-refractivity contribution is 0.102. The number of amides is 1. The minimum atomic E-state index is -0.234. The first-order valence-corrected chi connectivity index (χ1v) is 8.53. The zero-order chi connectivity index (χ0) is 18.5. The fraction of sp³-hybridized carbons (Fsp3) is 0.0476. The second-order valence-electron chi connectivity index (χ2n) is 5.97. The molecule has 0 saturated heterocycles. The van der Waals surface area contributed by atoms with Crippen LogP contribution in [-0.2, 0) is 6.54 Å². The van der Waals surface area contributed by atoms with Gasteiger partial charge in [-0.1, -0.05) is 24.3 Å². The smallest absolute Gasteiger partial charge is 0.257 e. The molecule has 0 fully saturated rings. The number of aromatic nitrogens is 3. The third kappa shape index (κ3) is 3.90. The molecule has 2 N–H and O–H groups in total. The van der Waals surface area contributed by atoms with E-state index in [1.54, 1.807) is 30.9 Å². The van der Waals surface area contributed by atoms with E-state index < -0.39 is 0 Å². The van der Waals surface area contributed by atoms with Crippen LogP contribution in [0.3, 0.4) is 0 Å². The van der Waals surface area contributed by atoms with E-state index in [9.17, 15) is 4.79 Å². The third-order valence-corrected chi connectivity index (χ3v) is 4.08. The lowest BCUT2D eigenvalue weighted by Crippen LogP contribution is -2.13. The van der Waals surface area contributed by atoms with E-state index in [2.05, 4.69) is 25.6 Å². The van der Waals surface area contributed by atoms with Crippen molar-refractivity contribution in [1.82, 2.24) is 15.0 Å². The Labute approximate surface area is 156 Å². The van der Waals surface area contributed by atoms with Gasteiger partial charge >= 0.3 is 0 Å². The van der Waals surface area contributed by atoms with Crippen LogP contribution >= 0.6 is 0 Å². The normalized spacial score (nSPS) is 10.5. The average Bonchev–Trinajstić information content (AvgIpc) is 2.73. The molecule has 4 aromatic rings. The van der Waals surface area contributed by atoms with Crippen molar-refractivity contribution in [3.05, 3.63) is 90.6 Å². The summed E-state index contributed by atoms with van der Waals surface area (Å²) in [5.74, 6) is -0.234. The number of anilines is 2. The fourth-order valence-corrected chi connectivity index (χ4v) is 2.76. The first-order valence-electron chi connectivity index (χ1n) is 8.53. The van der Waals surface area contributed by atoms with Crippen LogP contribution in [0.25, 0.3) is 10.9 Å². The lowest BCUT2D eigenvalue weighted by Gasteiger charge is -2.10. The second-order valence-corrected chi connectivity index (χ2v) is 5.97. The summed E-state index contributed by atoms with van der Waals surface area (Å²) in [7, 11) is 0. The van der Waals surface area contributed by atoms with Crippen molar-refractivity contribution >= 4 is 28.2 Å². The number of hydrogen-bond acceptors (Lipinski definition) is 5. The lowest BCUT2D eigenvalue weighted by atomic mass is 10.2. The molecule has 1 aromatic carbocycles. The Morgan fingerprint density at radius 1 is 0.926 bits per heavy atom. The van der Waals surface area contributed by atoms with Gasteiger partial charge in [0.1, 0.15) is 0 Å². The van der Waals surface area contributed by atoms with E-state index >= 15 is 0 Å². The molecular weight excluding hydrogens is 338 g/mol. The zero-order valence-electron chi connectivity index (χ0n) is 14.5. The van der Waals surface area contributed by atoms with Crippen LogP contribution in [-0.4, -0.2) is 20.9 Å². The Balaban J connectivity index is 1.50. The van der Waals surface area contributed by atoms with Crippen molar-refractivity contribution in [3.63, 3.8) is 0 Å². The van der Waals surface area contributed by atoms with Gasteiger partial charge in [0, 0.05) is 30.2 Å². The van der Waals surface area contributed by atoms with E-state index in [0.29, 0.717) is 17.8 Å². The van der Waals surface area contributed by atoms with Gasteiger partial charge in [-0.05, 0) is 30.3 Å². The van der Waals surface area contributed by atoms with Crippen LogP contribution in [0.5, 0.6) is 0 Å². The highest BCUT2D eigenvalue weighted by Crippen LogP contribution is 2.21. The molecule has 6 nitrogen and oxygen atoms in total. The molecule has 27 heavy (non-hydrogen) atoms. The van der Waals surface area contributed by atoms with E-state index in [4.69, 9.17) is 0 Å². The summed E-state index contributed by atoms with van der Waals surface area (Å²) in [6.45, 7) is 0.556. The predicted molar refractivity (Wildman–Crippen MR) is 105 cm³/mol. The van der Waals surface area contributed by atoms with Gasteiger partial charge in [0.2, 0.25) is 0 Å². The number of benzene rings is 1. The van der Waals surface area contributed by atoms with E-state index in [1.165, 1.54) is 0 Å². The van der Waals surface area contributed by atoms with Crippen LogP contribution in [0.1, 0.15) is 16.1 Å². The van der Waals surface area contributed by atoms with Gasteiger partial charge in [0.05, 0.1) is 34.7 Å². The number of nitrogens with one attached hydrogen (secondary N) is 2. The monoisotopic (exact) mass is 355 g/mol. The molecule has 3 aromatic heterocycles. The molecule has 4 rings (SSSR count). The molecule has 0 unspecified atom stereocenters. The minimum Gasteiger partial charge on any atom is -0.378 e. The maximum atomic E-state index is 12.7. The number of carbonyl (C=O) groups is 1. The molecule has 3 heterocycles. The van der Waals surface area contributed by atoms with Gasteiger partial charge < -0.3 is 10.6 Å². The van der Waals surface area contributed by atoms with Crippen LogP contribution in [0, 0.1) is 0 Å². The topological polar surface area (TPSA) is 79.8 Å². The van der Waals surface area contributed by atoms with Crippen molar-refractivity contribution in [2.75, 3.05) is 10.6 Å². The van der Waals surface area contributed by atoms with Gasteiger partial charge in [0.15, 0.2) is 0 Å². The third-order valence-electron chi connectivity index (χ3n) is 4.08. The standard InChI is InChI=1S/C21H17N5O/c27-21(26-19-8-3-5-15-6-4-10-24-20(15)19)16-11-18(13-22-12-16)25-14-17-7-1-2-9-23-17/h1-13,25H,14H2,(H,26,27).